The molecule has 0 aliphatic heterocycles. The van der Waals surface area contributed by atoms with Crippen LogP contribution < -0.4 is 16.8 Å². The van der Waals surface area contributed by atoms with Crippen molar-refractivity contribution in [2.45, 2.75) is 31.8 Å². The largest absolute Gasteiger partial charge is 0.351 e. The zero-order valence-corrected chi connectivity index (χ0v) is 12.1. The van der Waals surface area contributed by atoms with Crippen LogP contribution in [0.15, 0.2) is 4.52 Å². The number of ketones is 1. The first-order chi connectivity index (χ1) is 8.21. The fourth-order valence-electron chi connectivity index (χ4n) is 1.43. The van der Waals surface area contributed by atoms with Gasteiger partial charge in [-0.15, -0.1) is 0 Å². The highest BCUT2D eigenvalue weighted by molar-refractivity contribution is 14.1. The van der Waals surface area contributed by atoms with Gasteiger partial charge in [-0.25, -0.2) is 0 Å². The maximum atomic E-state index is 11.4. The van der Waals surface area contributed by atoms with Gasteiger partial charge in [0, 0.05) is 28.1 Å². The molecule has 0 aromatic carbocycles. The molecule has 1 aromatic heterocycles. The number of anilines is 2. The Morgan fingerprint density at radius 1 is 1.56 bits per heavy atom. The Balaban J connectivity index is 2.64. The van der Waals surface area contributed by atoms with E-state index in [2.05, 4.69) is 20.0 Å². The van der Waals surface area contributed by atoms with Gasteiger partial charge in [0.15, 0.2) is 0 Å². The van der Waals surface area contributed by atoms with Crippen molar-refractivity contribution in [1.82, 2.24) is 10.1 Å². The standard InChI is InChI=1S/C9H14IN5O3/c1-9(2,3-4(11)5(16)6(10)17)14-8-13-7(12)18-15-8/h4H,3,11H2,1-2H3,(H3,12,13,14,15)/t4-/m0/s1. The van der Waals surface area contributed by atoms with Crippen LogP contribution in [0.3, 0.4) is 0 Å². The van der Waals surface area contributed by atoms with Crippen molar-refractivity contribution in [3.8, 4) is 0 Å². The Morgan fingerprint density at radius 2 is 2.17 bits per heavy atom. The van der Waals surface area contributed by atoms with Gasteiger partial charge in [-0.1, -0.05) is 0 Å². The van der Waals surface area contributed by atoms with Crippen LogP contribution in [-0.4, -0.2) is 31.3 Å². The van der Waals surface area contributed by atoms with Gasteiger partial charge in [-0.05, 0) is 25.4 Å². The second-order valence-electron chi connectivity index (χ2n) is 4.41. The van der Waals surface area contributed by atoms with Crippen molar-refractivity contribution in [2.75, 3.05) is 11.1 Å². The van der Waals surface area contributed by atoms with Crippen molar-refractivity contribution < 1.29 is 14.1 Å². The third-order valence-electron chi connectivity index (χ3n) is 2.15. The van der Waals surface area contributed by atoms with E-state index in [9.17, 15) is 9.59 Å². The Labute approximate surface area is 117 Å². The summed E-state index contributed by atoms with van der Waals surface area (Å²) < 4.78 is 4.02. The first-order valence-corrected chi connectivity index (χ1v) is 6.16. The molecule has 0 aliphatic rings. The average molecular weight is 367 g/mol. The third kappa shape index (κ3) is 4.22. The molecule has 0 amide bonds. The number of halogens is 1. The minimum atomic E-state index is -0.874. The number of carbonyl (C=O) groups is 2. The van der Waals surface area contributed by atoms with Crippen molar-refractivity contribution in [3.63, 3.8) is 0 Å². The molecule has 0 aliphatic carbocycles. The van der Waals surface area contributed by atoms with Crippen LogP contribution in [0.5, 0.6) is 0 Å². The van der Waals surface area contributed by atoms with E-state index in [-0.39, 0.29) is 18.4 Å². The number of nitrogens with two attached hydrogens (primary N) is 2. The van der Waals surface area contributed by atoms with E-state index in [0.717, 1.165) is 0 Å². The molecule has 0 unspecified atom stereocenters. The van der Waals surface area contributed by atoms with E-state index >= 15 is 0 Å². The van der Waals surface area contributed by atoms with Gasteiger partial charge in [0.2, 0.25) is 5.78 Å². The number of hydrogen-bond acceptors (Lipinski definition) is 8. The predicted octanol–water partition coefficient (Wildman–Crippen LogP) is 0.0904. The molecule has 18 heavy (non-hydrogen) atoms. The molecule has 1 heterocycles. The fourth-order valence-corrected chi connectivity index (χ4v) is 1.83. The number of nitrogens with one attached hydrogen (secondary N) is 1. The highest BCUT2D eigenvalue weighted by atomic mass is 127. The molecule has 5 N–H and O–H groups in total. The minimum Gasteiger partial charge on any atom is -0.351 e. The second kappa shape index (κ2) is 5.61. The molecule has 0 bridgehead atoms. The number of aromatic nitrogens is 2. The highest BCUT2D eigenvalue weighted by Crippen LogP contribution is 2.18. The van der Waals surface area contributed by atoms with Gasteiger partial charge in [0.25, 0.3) is 9.74 Å². The first kappa shape index (κ1) is 14.8. The fraction of sp³-hybridized carbons (Fsp3) is 0.556. The molecule has 0 fully saturated rings. The lowest BCUT2D eigenvalue weighted by Gasteiger charge is -2.27. The van der Waals surface area contributed by atoms with Crippen LogP contribution >= 0.6 is 22.6 Å². The number of carbonyl (C=O) groups excluding carboxylic acids is 2. The topological polar surface area (TPSA) is 137 Å². The Kier molecular flexibility index (Phi) is 4.62. The van der Waals surface area contributed by atoms with Crippen molar-refractivity contribution >= 4 is 44.1 Å². The van der Waals surface area contributed by atoms with Gasteiger partial charge >= 0.3 is 6.01 Å². The van der Waals surface area contributed by atoms with Crippen LogP contribution in [0.25, 0.3) is 0 Å². The minimum absolute atomic E-state index is 0.0592. The summed E-state index contributed by atoms with van der Waals surface area (Å²) in [4.78, 5) is 26.1. The predicted molar refractivity (Wildman–Crippen MR) is 73.0 cm³/mol. The molecule has 1 atom stereocenters. The lowest BCUT2D eigenvalue weighted by Crippen LogP contribution is -2.44. The number of hydrogen-bond donors (Lipinski definition) is 3. The molecule has 8 nitrogen and oxygen atoms in total. The maximum absolute atomic E-state index is 11.4. The van der Waals surface area contributed by atoms with Gasteiger partial charge in [0.05, 0.1) is 6.04 Å². The zero-order chi connectivity index (χ0) is 13.9. The Hall–Kier alpha value is -1.23. The van der Waals surface area contributed by atoms with Crippen molar-refractivity contribution in [1.29, 1.82) is 0 Å². The van der Waals surface area contributed by atoms with E-state index in [1.165, 1.54) is 22.6 Å². The van der Waals surface area contributed by atoms with Gasteiger partial charge < -0.3 is 21.3 Å². The van der Waals surface area contributed by atoms with Gasteiger partial charge in [0.1, 0.15) is 0 Å². The van der Waals surface area contributed by atoms with E-state index in [4.69, 9.17) is 11.5 Å². The third-order valence-corrected chi connectivity index (χ3v) is 2.68. The van der Waals surface area contributed by atoms with E-state index in [0.29, 0.717) is 0 Å². The number of nitrogens with zero attached hydrogens (tertiary/aromatic N) is 2. The number of nitrogen functional groups attached to an aromatic ring is 1. The maximum Gasteiger partial charge on any atom is 0.320 e. The monoisotopic (exact) mass is 367 g/mol. The molecule has 0 saturated carbocycles. The lowest BCUT2D eigenvalue weighted by molar-refractivity contribution is -0.131. The number of rotatable bonds is 6. The van der Waals surface area contributed by atoms with Crippen LogP contribution in [0.1, 0.15) is 20.3 Å². The summed E-state index contributed by atoms with van der Waals surface area (Å²) in [6.45, 7) is 3.59. The van der Waals surface area contributed by atoms with Crippen LogP contribution in [0.2, 0.25) is 0 Å². The molecule has 0 saturated heterocycles. The Morgan fingerprint density at radius 3 is 2.61 bits per heavy atom. The first-order valence-electron chi connectivity index (χ1n) is 5.08. The summed E-state index contributed by atoms with van der Waals surface area (Å²) in [6.07, 6.45) is 0.245. The van der Waals surface area contributed by atoms with Crippen LogP contribution in [-0.2, 0) is 9.59 Å². The molecule has 1 aromatic rings. The van der Waals surface area contributed by atoms with Gasteiger partial charge in [-0.3, -0.25) is 9.59 Å². The van der Waals surface area contributed by atoms with Crippen LogP contribution in [0.4, 0.5) is 12.0 Å². The van der Waals surface area contributed by atoms with E-state index in [1.54, 1.807) is 13.8 Å². The van der Waals surface area contributed by atoms with E-state index < -0.39 is 21.2 Å². The lowest BCUT2D eigenvalue weighted by atomic mass is 9.94. The van der Waals surface area contributed by atoms with Crippen molar-refractivity contribution in [3.05, 3.63) is 0 Å². The summed E-state index contributed by atoms with van der Waals surface area (Å²) in [5.41, 5.74) is 10.4. The number of Topliss-reactive ketones (excluding diaryl/α,β-unsaturated/α-hetero) is 1. The normalized spacial score (nSPS) is 13.1. The van der Waals surface area contributed by atoms with Crippen molar-refractivity contribution in [2.24, 2.45) is 5.73 Å². The molecule has 0 radical (unpaired) electrons. The molecular weight excluding hydrogens is 353 g/mol. The Bertz CT molecular complexity index is 459. The summed E-state index contributed by atoms with van der Waals surface area (Å²) in [7, 11) is 0. The SMILES string of the molecule is CC(C)(C[C@H](N)C(=O)C(=O)I)Nc1noc(N)n1. The van der Waals surface area contributed by atoms with E-state index in [1.807, 2.05) is 0 Å². The molecule has 1 rings (SSSR count). The average Bonchev–Trinajstić information content (AvgIpc) is 2.60. The summed E-state index contributed by atoms with van der Waals surface area (Å²) in [6, 6.07) is -0.933. The molecule has 100 valence electrons. The summed E-state index contributed by atoms with van der Waals surface area (Å²) in [5, 5.41) is 6.49. The van der Waals surface area contributed by atoms with Crippen LogP contribution in [0, 0.1) is 0 Å². The highest BCUT2D eigenvalue weighted by Gasteiger charge is 2.28. The van der Waals surface area contributed by atoms with Gasteiger partial charge in [-0.2, -0.15) is 4.98 Å². The zero-order valence-electron chi connectivity index (χ0n) is 9.94. The smallest absolute Gasteiger partial charge is 0.320 e. The summed E-state index contributed by atoms with van der Waals surface area (Å²) >= 11 is 1.42. The summed E-state index contributed by atoms with van der Waals surface area (Å²) in [5.74, 6) is -0.406. The molecule has 9 heteroatoms. The molecule has 0 spiro atoms. The quantitative estimate of drug-likeness (QED) is 0.366. The molecular formula is C9H14IN5O3. The second-order valence-corrected chi connectivity index (χ2v) is 5.39.